The molecule has 1 saturated heterocycles. The van der Waals surface area contributed by atoms with Gasteiger partial charge in [0.2, 0.25) is 5.91 Å². The highest BCUT2D eigenvalue weighted by molar-refractivity contribution is 6.32. The molecule has 0 unspecified atom stereocenters. The molecule has 8 heteroatoms. The number of aromatic nitrogens is 1. The summed E-state index contributed by atoms with van der Waals surface area (Å²) in [5.41, 5.74) is 1.78. The number of H-pyrrole nitrogens is 1. The Bertz CT molecular complexity index is 851. The Balaban J connectivity index is 1.61. The van der Waals surface area contributed by atoms with Crippen LogP contribution in [0, 0.1) is 0 Å². The molecule has 0 radical (unpaired) electrons. The van der Waals surface area contributed by atoms with Crippen LogP contribution in [-0.4, -0.2) is 60.0 Å². The van der Waals surface area contributed by atoms with Gasteiger partial charge in [0.05, 0.1) is 24.7 Å². The SMILES string of the molecule is COc1cc2[nH]c(CNC(=O)N(C)[C@@H]3CCCN(C(C)=O)C3)cc2cc1Cl. The summed E-state index contributed by atoms with van der Waals surface area (Å²) < 4.78 is 5.23. The van der Waals surface area contributed by atoms with Crippen molar-refractivity contribution in [2.75, 3.05) is 27.2 Å². The van der Waals surface area contributed by atoms with Crippen molar-refractivity contribution in [1.82, 2.24) is 20.1 Å². The lowest BCUT2D eigenvalue weighted by Crippen LogP contribution is -2.52. The summed E-state index contributed by atoms with van der Waals surface area (Å²) in [5.74, 6) is 0.661. The second-order valence-electron chi connectivity index (χ2n) is 6.90. The quantitative estimate of drug-likeness (QED) is 0.839. The predicted molar refractivity (Wildman–Crippen MR) is 105 cm³/mol. The van der Waals surface area contributed by atoms with Crippen LogP contribution in [0.3, 0.4) is 0 Å². The number of rotatable bonds is 4. The molecular formula is C19H25ClN4O3. The number of piperidine rings is 1. The Morgan fingerprint density at radius 3 is 2.89 bits per heavy atom. The summed E-state index contributed by atoms with van der Waals surface area (Å²) in [5, 5.41) is 4.44. The number of likely N-dealkylation sites (tertiary alicyclic amines) is 1. The monoisotopic (exact) mass is 392 g/mol. The lowest BCUT2D eigenvalue weighted by molar-refractivity contribution is -0.130. The van der Waals surface area contributed by atoms with E-state index in [-0.39, 0.29) is 18.0 Å². The van der Waals surface area contributed by atoms with Crippen LogP contribution in [0.5, 0.6) is 5.75 Å². The molecule has 3 rings (SSSR count). The van der Waals surface area contributed by atoms with Gasteiger partial charge in [0.25, 0.3) is 0 Å². The van der Waals surface area contributed by atoms with E-state index in [1.807, 2.05) is 18.2 Å². The van der Waals surface area contributed by atoms with Gasteiger partial charge in [-0.05, 0) is 25.0 Å². The highest BCUT2D eigenvalue weighted by atomic mass is 35.5. The fourth-order valence-corrected chi connectivity index (χ4v) is 3.71. The van der Waals surface area contributed by atoms with Gasteiger partial charge in [-0.25, -0.2) is 4.79 Å². The topological polar surface area (TPSA) is 77.7 Å². The minimum atomic E-state index is -0.153. The van der Waals surface area contributed by atoms with E-state index >= 15 is 0 Å². The Labute approximate surface area is 163 Å². The number of likely N-dealkylation sites (N-methyl/N-ethyl adjacent to an activating group) is 1. The largest absolute Gasteiger partial charge is 0.495 e. The van der Waals surface area contributed by atoms with Gasteiger partial charge >= 0.3 is 6.03 Å². The molecule has 0 bridgehead atoms. The van der Waals surface area contributed by atoms with Gasteiger partial charge in [0, 0.05) is 49.7 Å². The first kappa shape index (κ1) is 19.4. The van der Waals surface area contributed by atoms with Crippen LogP contribution in [0.25, 0.3) is 10.9 Å². The normalized spacial score (nSPS) is 17.0. The van der Waals surface area contributed by atoms with E-state index in [2.05, 4.69) is 10.3 Å². The third-order valence-corrected chi connectivity index (χ3v) is 5.38. The molecule has 1 atom stereocenters. The highest BCUT2D eigenvalue weighted by Crippen LogP contribution is 2.30. The second kappa shape index (κ2) is 8.08. The molecule has 2 aromatic rings. The highest BCUT2D eigenvalue weighted by Gasteiger charge is 2.27. The van der Waals surface area contributed by atoms with Crippen molar-refractivity contribution in [2.24, 2.45) is 0 Å². The average molecular weight is 393 g/mol. The standard InChI is InChI=1S/C19H25ClN4O3/c1-12(25)24-6-4-5-15(11-24)23(2)19(26)21-10-14-7-13-8-16(20)18(27-3)9-17(13)22-14/h7-9,15,22H,4-6,10-11H2,1-3H3,(H,21,26)/t15-/m1/s1. The van der Waals surface area contributed by atoms with Gasteiger partial charge in [0.1, 0.15) is 5.75 Å². The molecule has 146 valence electrons. The number of benzene rings is 1. The molecule has 2 heterocycles. The number of urea groups is 1. The number of aromatic amines is 1. The second-order valence-corrected chi connectivity index (χ2v) is 7.31. The molecule has 1 aromatic heterocycles. The number of carbonyl (C=O) groups is 2. The van der Waals surface area contributed by atoms with Crippen LogP contribution < -0.4 is 10.1 Å². The lowest BCUT2D eigenvalue weighted by atomic mass is 10.0. The molecular weight excluding hydrogens is 368 g/mol. The molecule has 27 heavy (non-hydrogen) atoms. The molecule has 1 aliphatic rings. The van der Waals surface area contributed by atoms with Crippen LogP contribution in [0.2, 0.25) is 5.02 Å². The number of hydrogen-bond acceptors (Lipinski definition) is 3. The van der Waals surface area contributed by atoms with E-state index in [0.717, 1.165) is 36.0 Å². The smallest absolute Gasteiger partial charge is 0.317 e. The molecule has 0 saturated carbocycles. The van der Waals surface area contributed by atoms with Crippen LogP contribution >= 0.6 is 11.6 Å². The first-order valence-electron chi connectivity index (χ1n) is 9.00. The number of ether oxygens (including phenoxy) is 1. The van der Waals surface area contributed by atoms with Gasteiger partial charge < -0.3 is 24.8 Å². The van der Waals surface area contributed by atoms with Crippen molar-refractivity contribution in [2.45, 2.75) is 32.4 Å². The Hall–Kier alpha value is -2.41. The Morgan fingerprint density at radius 2 is 2.19 bits per heavy atom. The van der Waals surface area contributed by atoms with E-state index in [1.54, 1.807) is 30.9 Å². The summed E-state index contributed by atoms with van der Waals surface area (Å²) in [7, 11) is 3.35. The molecule has 1 fully saturated rings. The lowest BCUT2D eigenvalue weighted by Gasteiger charge is -2.37. The van der Waals surface area contributed by atoms with E-state index in [0.29, 0.717) is 23.9 Å². The van der Waals surface area contributed by atoms with Gasteiger partial charge in [0.15, 0.2) is 0 Å². The molecule has 0 spiro atoms. The Kier molecular flexibility index (Phi) is 5.79. The van der Waals surface area contributed by atoms with E-state index < -0.39 is 0 Å². The first-order chi connectivity index (χ1) is 12.9. The number of halogens is 1. The number of fused-ring (bicyclic) bond motifs is 1. The third kappa shape index (κ3) is 4.30. The van der Waals surface area contributed by atoms with Crippen molar-refractivity contribution in [1.29, 1.82) is 0 Å². The molecule has 1 aliphatic heterocycles. The minimum Gasteiger partial charge on any atom is -0.495 e. The summed E-state index contributed by atoms with van der Waals surface area (Å²) in [6.07, 6.45) is 1.81. The summed E-state index contributed by atoms with van der Waals surface area (Å²) >= 11 is 6.16. The van der Waals surface area contributed by atoms with Crippen LogP contribution in [0.1, 0.15) is 25.5 Å². The van der Waals surface area contributed by atoms with E-state index in [4.69, 9.17) is 16.3 Å². The van der Waals surface area contributed by atoms with E-state index in [1.165, 1.54) is 0 Å². The predicted octanol–water partition coefficient (Wildman–Crippen LogP) is 2.98. The van der Waals surface area contributed by atoms with Crippen molar-refractivity contribution in [3.63, 3.8) is 0 Å². The van der Waals surface area contributed by atoms with Gasteiger partial charge in [-0.15, -0.1) is 0 Å². The average Bonchev–Trinajstić information content (AvgIpc) is 3.06. The van der Waals surface area contributed by atoms with Crippen LogP contribution in [0.4, 0.5) is 4.79 Å². The van der Waals surface area contributed by atoms with Crippen molar-refractivity contribution < 1.29 is 14.3 Å². The molecule has 3 amide bonds. The molecule has 2 N–H and O–H groups in total. The maximum Gasteiger partial charge on any atom is 0.317 e. The number of nitrogens with one attached hydrogen (secondary N) is 2. The first-order valence-corrected chi connectivity index (χ1v) is 9.38. The Morgan fingerprint density at radius 1 is 1.41 bits per heavy atom. The molecule has 1 aromatic carbocycles. The van der Waals surface area contributed by atoms with Crippen molar-refractivity contribution in [3.05, 3.63) is 28.9 Å². The maximum absolute atomic E-state index is 12.5. The zero-order valence-electron chi connectivity index (χ0n) is 15.8. The third-order valence-electron chi connectivity index (χ3n) is 5.09. The number of hydrogen-bond donors (Lipinski definition) is 2. The molecule has 7 nitrogen and oxygen atoms in total. The maximum atomic E-state index is 12.5. The number of methoxy groups -OCH3 is 1. The van der Waals surface area contributed by atoms with Gasteiger partial charge in [-0.3, -0.25) is 4.79 Å². The fraction of sp³-hybridized carbons (Fsp3) is 0.474. The summed E-state index contributed by atoms with van der Waals surface area (Å²) in [6.45, 7) is 3.30. The van der Waals surface area contributed by atoms with E-state index in [9.17, 15) is 9.59 Å². The summed E-state index contributed by atoms with van der Waals surface area (Å²) in [6, 6.07) is 5.52. The number of carbonyl (C=O) groups excluding carboxylic acids is 2. The van der Waals surface area contributed by atoms with Crippen molar-refractivity contribution >= 4 is 34.4 Å². The van der Waals surface area contributed by atoms with Crippen LogP contribution in [-0.2, 0) is 11.3 Å². The minimum absolute atomic E-state index is 0.0356. The van der Waals surface area contributed by atoms with Crippen molar-refractivity contribution in [3.8, 4) is 5.75 Å². The molecule has 0 aliphatic carbocycles. The zero-order chi connectivity index (χ0) is 19.6. The summed E-state index contributed by atoms with van der Waals surface area (Å²) in [4.78, 5) is 30.9. The number of amides is 3. The fourth-order valence-electron chi connectivity index (χ4n) is 3.46. The van der Waals surface area contributed by atoms with Crippen LogP contribution in [0.15, 0.2) is 18.2 Å². The zero-order valence-corrected chi connectivity index (χ0v) is 16.6. The van der Waals surface area contributed by atoms with Gasteiger partial charge in [-0.2, -0.15) is 0 Å². The van der Waals surface area contributed by atoms with Gasteiger partial charge in [-0.1, -0.05) is 11.6 Å². The number of nitrogens with zero attached hydrogens (tertiary/aromatic N) is 2.